The second-order valence-electron chi connectivity index (χ2n) is 9.26. The monoisotopic (exact) mass is 485 g/mol. The maximum absolute atomic E-state index is 12.6. The minimum Gasteiger partial charge on any atom is -0.494 e. The van der Waals surface area contributed by atoms with Crippen LogP contribution in [0.1, 0.15) is 54.4 Å². The molecule has 0 aromatic heterocycles. The molecule has 3 aromatic carbocycles. The highest BCUT2D eigenvalue weighted by Crippen LogP contribution is 2.19. The molecule has 188 valence electrons. The highest BCUT2D eigenvalue weighted by Gasteiger charge is 2.17. The maximum atomic E-state index is 12.6. The smallest absolute Gasteiger partial charge is 0.251 e. The highest BCUT2D eigenvalue weighted by atomic mass is 16.5. The van der Waals surface area contributed by atoms with Gasteiger partial charge in [-0.05, 0) is 61.6 Å². The number of rotatable bonds is 11. The number of carbonyl (C=O) groups is 2. The van der Waals surface area contributed by atoms with Crippen LogP contribution in [-0.4, -0.2) is 31.0 Å². The molecule has 1 fully saturated rings. The van der Waals surface area contributed by atoms with Gasteiger partial charge in [-0.15, -0.1) is 0 Å². The molecule has 3 N–H and O–H groups in total. The summed E-state index contributed by atoms with van der Waals surface area (Å²) in [6, 6.07) is 25.3. The molecule has 0 unspecified atom stereocenters. The molecule has 0 radical (unpaired) electrons. The van der Waals surface area contributed by atoms with Crippen LogP contribution in [0.3, 0.4) is 0 Å². The average Bonchev–Trinajstić information content (AvgIpc) is 2.91. The van der Waals surface area contributed by atoms with E-state index in [2.05, 4.69) is 28.1 Å². The first-order chi connectivity index (χ1) is 17.7. The first kappa shape index (κ1) is 25.3. The van der Waals surface area contributed by atoms with Crippen LogP contribution < -0.4 is 20.7 Å². The van der Waals surface area contributed by atoms with E-state index in [4.69, 9.17) is 4.74 Å². The van der Waals surface area contributed by atoms with Crippen LogP contribution in [0.4, 0.5) is 11.4 Å². The molecule has 0 heterocycles. The van der Waals surface area contributed by atoms with Crippen molar-refractivity contribution in [3.8, 4) is 5.75 Å². The fourth-order valence-corrected chi connectivity index (χ4v) is 4.45. The van der Waals surface area contributed by atoms with E-state index in [0.29, 0.717) is 17.9 Å². The summed E-state index contributed by atoms with van der Waals surface area (Å²) in [5.74, 6) is 0.496. The molecule has 6 nitrogen and oxygen atoms in total. The van der Waals surface area contributed by atoms with Crippen molar-refractivity contribution in [3.63, 3.8) is 0 Å². The number of aryl methyl sites for hydroxylation is 1. The van der Waals surface area contributed by atoms with E-state index in [9.17, 15) is 9.59 Å². The summed E-state index contributed by atoms with van der Waals surface area (Å²) in [4.78, 5) is 25.1. The van der Waals surface area contributed by atoms with Crippen molar-refractivity contribution in [2.45, 2.75) is 51.0 Å². The molecule has 0 bridgehead atoms. The number of nitrogens with one attached hydrogen (secondary N) is 3. The Kier molecular flexibility index (Phi) is 9.37. The molecule has 1 saturated carbocycles. The molecule has 6 heteroatoms. The lowest BCUT2D eigenvalue weighted by molar-refractivity contribution is -0.114. The van der Waals surface area contributed by atoms with E-state index in [1.165, 1.54) is 12.0 Å². The molecule has 1 aliphatic rings. The van der Waals surface area contributed by atoms with Crippen LogP contribution in [0.5, 0.6) is 5.75 Å². The lowest BCUT2D eigenvalue weighted by Gasteiger charge is -2.22. The van der Waals surface area contributed by atoms with Crippen molar-refractivity contribution in [1.29, 1.82) is 0 Å². The second kappa shape index (κ2) is 13.3. The van der Waals surface area contributed by atoms with Crippen molar-refractivity contribution < 1.29 is 14.3 Å². The summed E-state index contributed by atoms with van der Waals surface area (Å²) >= 11 is 0. The van der Waals surface area contributed by atoms with Crippen molar-refractivity contribution in [2.75, 3.05) is 23.8 Å². The van der Waals surface area contributed by atoms with E-state index < -0.39 is 0 Å². The Hall–Kier alpha value is -3.80. The summed E-state index contributed by atoms with van der Waals surface area (Å²) < 4.78 is 5.88. The summed E-state index contributed by atoms with van der Waals surface area (Å²) in [7, 11) is 0. The van der Waals surface area contributed by atoms with Crippen LogP contribution in [0.25, 0.3) is 0 Å². The van der Waals surface area contributed by atoms with Crippen molar-refractivity contribution in [2.24, 2.45) is 0 Å². The van der Waals surface area contributed by atoms with E-state index in [1.807, 2.05) is 42.5 Å². The molecule has 0 spiro atoms. The minimum atomic E-state index is -0.186. The van der Waals surface area contributed by atoms with Gasteiger partial charge in [0.2, 0.25) is 5.91 Å². The van der Waals surface area contributed by atoms with Crippen LogP contribution in [0, 0.1) is 0 Å². The Morgan fingerprint density at radius 3 is 2.44 bits per heavy atom. The standard InChI is InChI=1S/C30H35N3O3/c34-29(32-27-17-7-13-24(20-27)30(35)33-25-14-5-2-6-15-25)22-31-26-16-8-18-28(21-26)36-19-9-12-23-10-3-1-4-11-23/h1,3-4,7-8,10-11,13,16-18,20-21,25,31H,2,5-6,9,12,14-15,19,22H2,(H,32,34)(H,33,35). The fourth-order valence-electron chi connectivity index (χ4n) is 4.45. The summed E-state index contributed by atoms with van der Waals surface area (Å²) in [6.07, 6.45) is 7.55. The Morgan fingerprint density at radius 2 is 1.61 bits per heavy atom. The van der Waals surface area contributed by atoms with Crippen LogP contribution in [0.2, 0.25) is 0 Å². The number of hydrogen-bond acceptors (Lipinski definition) is 4. The third kappa shape index (κ3) is 8.15. The number of carbonyl (C=O) groups excluding carboxylic acids is 2. The van der Waals surface area contributed by atoms with Gasteiger partial charge in [-0.1, -0.05) is 61.7 Å². The lowest BCUT2D eigenvalue weighted by Crippen LogP contribution is -2.36. The van der Waals surface area contributed by atoms with Crippen molar-refractivity contribution >= 4 is 23.2 Å². The van der Waals surface area contributed by atoms with Gasteiger partial charge in [0.05, 0.1) is 13.2 Å². The van der Waals surface area contributed by atoms with Gasteiger partial charge < -0.3 is 20.7 Å². The molecule has 36 heavy (non-hydrogen) atoms. The van der Waals surface area contributed by atoms with Crippen LogP contribution in [0.15, 0.2) is 78.9 Å². The van der Waals surface area contributed by atoms with Crippen LogP contribution in [-0.2, 0) is 11.2 Å². The van der Waals surface area contributed by atoms with Gasteiger partial charge in [-0.25, -0.2) is 0 Å². The molecular weight excluding hydrogens is 450 g/mol. The van der Waals surface area contributed by atoms with Crippen molar-refractivity contribution in [3.05, 3.63) is 90.0 Å². The predicted molar refractivity (Wildman–Crippen MR) is 145 cm³/mol. The van der Waals surface area contributed by atoms with Gasteiger partial charge in [0.25, 0.3) is 5.91 Å². The van der Waals surface area contributed by atoms with Gasteiger partial charge in [0.15, 0.2) is 0 Å². The van der Waals surface area contributed by atoms with E-state index in [-0.39, 0.29) is 24.4 Å². The zero-order chi connectivity index (χ0) is 25.0. The number of hydrogen-bond donors (Lipinski definition) is 3. The summed E-state index contributed by atoms with van der Waals surface area (Å²) in [6.45, 7) is 0.736. The van der Waals surface area contributed by atoms with Crippen LogP contribution >= 0.6 is 0 Å². The zero-order valence-corrected chi connectivity index (χ0v) is 20.7. The maximum Gasteiger partial charge on any atom is 0.251 e. The lowest BCUT2D eigenvalue weighted by atomic mass is 9.95. The molecular formula is C30H35N3O3. The molecule has 0 saturated heterocycles. The third-order valence-electron chi connectivity index (χ3n) is 6.36. The van der Waals surface area contributed by atoms with Gasteiger partial charge >= 0.3 is 0 Å². The fraction of sp³-hybridized carbons (Fsp3) is 0.333. The average molecular weight is 486 g/mol. The quantitative estimate of drug-likeness (QED) is 0.299. The number of anilines is 2. The Bertz CT molecular complexity index is 1130. The normalized spacial score (nSPS) is 13.6. The van der Waals surface area contributed by atoms with Gasteiger partial charge in [0, 0.05) is 29.0 Å². The van der Waals surface area contributed by atoms with E-state index in [1.54, 1.807) is 24.3 Å². The number of benzene rings is 3. The molecule has 1 aliphatic carbocycles. The van der Waals surface area contributed by atoms with Crippen molar-refractivity contribution in [1.82, 2.24) is 5.32 Å². The summed E-state index contributed by atoms with van der Waals surface area (Å²) in [5.41, 5.74) is 3.28. The first-order valence-corrected chi connectivity index (χ1v) is 12.9. The minimum absolute atomic E-state index is 0.0864. The van der Waals surface area contributed by atoms with E-state index in [0.717, 1.165) is 50.0 Å². The summed E-state index contributed by atoms with van der Waals surface area (Å²) in [5, 5.41) is 9.13. The third-order valence-corrected chi connectivity index (χ3v) is 6.36. The SMILES string of the molecule is O=C(CNc1cccc(OCCCc2ccccc2)c1)Nc1cccc(C(=O)NC2CCCCC2)c1. The van der Waals surface area contributed by atoms with E-state index >= 15 is 0 Å². The van der Waals surface area contributed by atoms with Gasteiger partial charge in [-0.3, -0.25) is 9.59 Å². The second-order valence-corrected chi connectivity index (χ2v) is 9.26. The topological polar surface area (TPSA) is 79.5 Å². The molecule has 2 amide bonds. The molecule has 4 rings (SSSR count). The molecule has 3 aromatic rings. The number of ether oxygens (including phenoxy) is 1. The Balaban J connectivity index is 1.21. The van der Waals surface area contributed by atoms with Gasteiger partial charge in [-0.2, -0.15) is 0 Å². The molecule has 0 aliphatic heterocycles. The Labute approximate surface area is 213 Å². The Morgan fingerprint density at radius 1 is 0.833 bits per heavy atom. The molecule has 0 atom stereocenters. The number of amides is 2. The first-order valence-electron chi connectivity index (χ1n) is 12.9. The van der Waals surface area contributed by atoms with Gasteiger partial charge in [0.1, 0.15) is 5.75 Å². The largest absolute Gasteiger partial charge is 0.494 e. The predicted octanol–water partition coefficient (Wildman–Crippen LogP) is 5.81. The highest BCUT2D eigenvalue weighted by molar-refractivity contribution is 5.98. The zero-order valence-electron chi connectivity index (χ0n) is 20.7.